The number of aryl methyl sites for hydroxylation is 1. The van der Waals surface area contributed by atoms with Crippen molar-refractivity contribution in [3.63, 3.8) is 0 Å². The maximum atomic E-state index is 11.8. The summed E-state index contributed by atoms with van der Waals surface area (Å²) in [7, 11) is 0. The van der Waals surface area contributed by atoms with E-state index in [1.807, 2.05) is 25.3 Å². The molecule has 0 saturated heterocycles. The molecule has 1 aliphatic carbocycles. The van der Waals surface area contributed by atoms with Gasteiger partial charge in [0.1, 0.15) is 0 Å². The highest BCUT2D eigenvalue weighted by atomic mass is 16.1. The van der Waals surface area contributed by atoms with Gasteiger partial charge in [-0.15, -0.1) is 0 Å². The number of carbonyl (C=O) groups is 1. The SMILES string of the molecule is Cc1ccc(CNC(=O)C2CCCC2)cn1. The second kappa shape index (κ2) is 5.10. The van der Waals surface area contributed by atoms with Gasteiger partial charge < -0.3 is 5.32 Å². The van der Waals surface area contributed by atoms with Gasteiger partial charge in [0.25, 0.3) is 0 Å². The predicted molar refractivity (Wildman–Crippen MR) is 62.8 cm³/mol. The lowest BCUT2D eigenvalue weighted by atomic mass is 10.1. The average molecular weight is 218 g/mol. The Kier molecular flexibility index (Phi) is 3.54. The number of nitrogens with zero attached hydrogens (tertiary/aromatic N) is 1. The van der Waals surface area contributed by atoms with Gasteiger partial charge in [0.15, 0.2) is 0 Å². The lowest BCUT2D eigenvalue weighted by Crippen LogP contribution is -2.28. The molecule has 0 spiro atoms. The summed E-state index contributed by atoms with van der Waals surface area (Å²) in [6, 6.07) is 3.98. The molecule has 1 aliphatic rings. The number of rotatable bonds is 3. The van der Waals surface area contributed by atoms with Crippen LogP contribution in [0, 0.1) is 12.8 Å². The van der Waals surface area contributed by atoms with Crippen LogP contribution in [0.3, 0.4) is 0 Å². The number of aromatic nitrogens is 1. The molecule has 1 saturated carbocycles. The number of pyridine rings is 1. The Hall–Kier alpha value is -1.38. The molecule has 2 rings (SSSR count). The Morgan fingerprint density at radius 1 is 1.44 bits per heavy atom. The van der Waals surface area contributed by atoms with E-state index in [4.69, 9.17) is 0 Å². The van der Waals surface area contributed by atoms with Gasteiger partial charge in [0.2, 0.25) is 5.91 Å². The molecule has 1 heterocycles. The van der Waals surface area contributed by atoms with Gasteiger partial charge >= 0.3 is 0 Å². The summed E-state index contributed by atoms with van der Waals surface area (Å²) >= 11 is 0. The topological polar surface area (TPSA) is 42.0 Å². The maximum Gasteiger partial charge on any atom is 0.223 e. The van der Waals surface area contributed by atoms with E-state index >= 15 is 0 Å². The first-order valence-electron chi connectivity index (χ1n) is 5.95. The molecule has 3 nitrogen and oxygen atoms in total. The molecule has 1 N–H and O–H groups in total. The van der Waals surface area contributed by atoms with E-state index in [0.29, 0.717) is 6.54 Å². The van der Waals surface area contributed by atoms with Crippen LogP contribution < -0.4 is 5.32 Å². The highest BCUT2D eigenvalue weighted by Crippen LogP contribution is 2.24. The summed E-state index contributed by atoms with van der Waals surface area (Å²) in [4.78, 5) is 16.0. The molecule has 3 heteroatoms. The summed E-state index contributed by atoms with van der Waals surface area (Å²) in [5, 5.41) is 2.98. The van der Waals surface area contributed by atoms with E-state index in [2.05, 4.69) is 10.3 Å². The number of hydrogen-bond acceptors (Lipinski definition) is 2. The molecule has 16 heavy (non-hydrogen) atoms. The monoisotopic (exact) mass is 218 g/mol. The lowest BCUT2D eigenvalue weighted by Gasteiger charge is -2.10. The Balaban J connectivity index is 1.82. The molecule has 1 aromatic rings. The van der Waals surface area contributed by atoms with Crippen LogP contribution >= 0.6 is 0 Å². The van der Waals surface area contributed by atoms with E-state index in [9.17, 15) is 4.79 Å². The van der Waals surface area contributed by atoms with Crippen LogP contribution in [0.5, 0.6) is 0 Å². The van der Waals surface area contributed by atoms with Gasteiger partial charge in [-0.25, -0.2) is 0 Å². The number of hydrogen-bond donors (Lipinski definition) is 1. The van der Waals surface area contributed by atoms with Crippen molar-refractivity contribution in [3.8, 4) is 0 Å². The van der Waals surface area contributed by atoms with E-state index in [1.54, 1.807) is 0 Å². The Morgan fingerprint density at radius 3 is 2.81 bits per heavy atom. The standard InChI is InChI=1S/C13H18N2O/c1-10-6-7-11(8-14-10)9-15-13(16)12-4-2-3-5-12/h6-8,12H,2-5,9H2,1H3,(H,15,16). The minimum atomic E-state index is 0.207. The van der Waals surface area contributed by atoms with Gasteiger partial charge in [-0.1, -0.05) is 18.9 Å². The zero-order valence-electron chi connectivity index (χ0n) is 9.70. The molecule has 0 bridgehead atoms. The third kappa shape index (κ3) is 2.81. The molecular formula is C13H18N2O. The Morgan fingerprint density at radius 2 is 2.19 bits per heavy atom. The molecule has 0 aromatic carbocycles. The molecule has 1 aromatic heterocycles. The molecule has 1 amide bonds. The van der Waals surface area contributed by atoms with Crippen LogP contribution in [0.1, 0.15) is 36.9 Å². The zero-order chi connectivity index (χ0) is 11.4. The third-order valence-corrected chi connectivity index (χ3v) is 3.17. The van der Waals surface area contributed by atoms with Crippen molar-refractivity contribution < 1.29 is 4.79 Å². The van der Waals surface area contributed by atoms with Gasteiger partial charge in [-0.2, -0.15) is 0 Å². The molecule has 0 aliphatic heterocycles. The van der Waals surface area contributed by atoms with Crippen LogP contribution in [0.25, 0.3) is 0 Å². The quantitative estimate of drug-likeness (QED) is 0.845. The highest BCUT2D eigenvalue weighted by molar-refractivity contribution is 5.78. The second-order valence-corrected chi connectivity index (χ2v) is 4.51. The average Bonchev–Trinajstić information content (AvgIpc) is 2.81. The minimum Gasteiger partial charge on any atom is -0.352 e. The maximum absolute atomic E-state index is 11.8. The van der Waals surface area contributed by atoms with Crippen molar-refractivity contribution in [2.45, 2.75) is 39.2 Å². The van der Waals surface area contributed by atoms with E-state index in [1.165, 1.54) is 12.8 Å². The summed E-state index contributed by atoms with van der Waals surface area (Å²) < 4.78 is 0. The molecule has 0 atom stereocenters. The molecule has 86 valence electrons. The smallest absolute Gasteiger partial charge is 0.223 e. The fraction of sp³-hybridized carbons (Fsp3) is 0.538. The normalized spacial score (nSPS) is 16.3. The van der Waals surface area contributed by atoms with Crippen LogP contribution in [-0.2, 0) is 11.3 Å². The van der Waals surface area contributed by atoms with Crippen molar-refractivity contribution in [2.24, 2.45) is 5.92 Å². The fourth-order valence-corrected chi connectivity index (χ4v) is 2.12. The fourth-order valence-electron chi connectivity index (χ4n) is 2.12. The number of amides is 1. The van der Waals surface area contributed by atoms with Crippen LogP contribution in [-0.4, -0.2) is 10.9 Å². The third-order valence-electron chi connectivity index (χ3n) is 3.17. The first-order chi connectivity index (χ1) is 7.75. The van der Waals surface area contributed by atoms with Gasteiger partial charge in [-0.3, -0.25) is 9.78 Å². The van der Waals surface area contributed by atoms with E-state index in [0.717, 1.165) is 24.1 Å². The predicted octanol–water partition coefficient (Wildman–Crippen LogP) is 2.20. The van der Waals surface area contributed by atoms with Crippen molar-refractivity contribution in [3.05, 3.63) is 29.6 Å². The first kappa shape index (κ1) is 11.1. The van der Waals surface area contributed by atoms with Crippen LogP contribution in [0.15, 0.2) is 18.3 Å². The summed E-state index contributed by atoms with van der Waals surface area (Å²) in [6.07, 6.45) is 6.33. The second-order valence-electron chi connectivity index (χ2n) is 4.51. The summed E-state index contributed by atoms with van der Waals surface area (Å²) in [5.74, 6) is 0.455. The van der Waals surface area contributed by atoms with E-state index < -0.39 is 0 Å². The van der Waals surface area contributed by atoms with Crippen LogP contribution in [0.4, 0.5) is 0 Å². The van der Waals surface area contributed by atoms with Crippen molar-refractivity contribution in [2.75, 3.05) is 0 Å². The molecule has 0 radical (unpaired) electrons. The van der Waals surface area contributed by atoms with Gasteiger partial charge in [-0.05, 0) is 31.4 Å². The Labute approximate surface area is 96.3 Å². The zero-order valence-corrected chi connectivity index (χ0v) is 9.70. The highest BCUT2D eigenvalue weighted by Gasteiger charge is 2.21. The lowest BCUT2D eigenvalue weighted by molar-refractivity contribution is -0.124. The molecule has 0 unspecified atom stereocenters. The first-order valence-corrected chi connectivity index (χ1v) is 5.95. The van der Waals surface area contributed by atoms with Crippen molar-refractivity contribution >= 4 is 5.91 Å². The largest absolute Gasteiger partial charge is 0.352 e. The minimum absolute atomic E-state index is 0.207. The molecular weight excluding hydrogens is 200 g/mol. The van der Waals surface area contributed by atoms with E-state index in [-0.39, 0.29) is 11.8 Å². The van der Waals surface area contributed by atoms with Gasteiger partial charge in [0.05, 0.1) is 0 Å². The van der Waals surface area contributed by atoms with Crippen molar-refractivity contribution in [1.82, 2.24) is 10.3 Å². The number of nitrogens with one attached hydrogen (secondary N) is 1. The van der Waals surface area contributed by atoms with Crippen molar-refractivity contribution in [1.29, 1.82) is 0 Å². The molecule has 1 fully saturated rings. The Bertz CT molecular complexity index is 353. The summed E-state index contributed by atoms with van der Waals surface area (Å²) in [5.41, 5.74) is 2.07. The van der Waals surface area contributed by atoms with Gasteiger partial charge in [0, 0.05) is 24.4 Å². The summed E-state index contributed by atoms with van der Waals surface area (Å²) in [6.45, 7) is 2.56. The number of carbonyl (C=O) groups excluding carboxylic acids is 1. The van der Waals surface area contributed by atoms with Crippen LogP contribution in [0.2, 0.25) is 0 Å².